The summed E-state index contributed by atoms with van der Waals surface area (Å²) >= 11 is 0. The van der Waals surface area contributed by atoms with E-state index in [2.05, 4.69) is 26.2 Å². The highest BCUT2D eigenvalue weighted by Gasteiger charge is 2.18. The smallest absolute Gasteiger partial charge is 0.303 e. The molecule has 3 heteroatoms. The van der Waals surface area contributed by atoms with Gasteiger partial charge >= 0.3 is 5.97 Å². The predicted octanol–water partition coefficient (Wildman–Crippen LogP) is 2.05. The van der Waals surface area contributed by atoms with Gasteiger partial charge in [-0.1, -0.05) is 32.3 Å². The third kappa shape index (κ3) is 7.32. The zero-order valence-electron chi connectivity index (χ0n) is 7.52. The number of hydrogen-bond donors (Lipinski definition) is 0. The molecule has 0 saturated carbocycles. The summed E-state index contributed by atoms with van der Waals surface area (Å²) in [6, 6.07) is 0.598. The fraction of sp³-hybridized carbons (Fsp3) is 0.625. The molecule has 0 atom stereocenters. The van der Waals surface area contributed by atoms with Gasteiger partial charge in [0.2, 0.25) is 0 Å². The van der Waals surface area contributed by atoms with Crippen LogP contribution in [-0.4, -0.2) is 20.7 Å². The van der Waals surface area contributed by atoms with Gasteiger partial charge in [-0.15, -0.1) is 0 Å². The van der Waals surface area contributed by atoms with Crippen LogP contribution < -0.4 is 0 Å². The Kier molecular flexibility index (Phi) is 4.11. The van der Waals surface area contributed by atoms with E-state index in [1.165, 1.54) is 0 Å². The minimum Gasteiger partial charge on any atom is -0.462 e. The monoisotopic (exact) mass is 172 g/mol. The molecule has 0 aromatic heterocycles. The largest absolute Gasteiger partial charge is 0.462 e. The maximum Gasteiger partial charge on any atom is 0.303 e. The Morgan fingerprint density at radius 2 is 2.09 bits per heavy atom. The van der Waals surface area contributed by atoms with Gasteiger partial charge in [-0.05, 0) is 0 Å². The van der Waals surface area contributed by atoms with Crippen LogP contribution in [0.2, 0.25) is 25.7 Å². The Hall–Kier alpha value is -0.573. The highest BCUT2D eigenvalue weighted by Crippen LogP contribution is 2.08. The number of esters is 1. The second-order valence-electron chi connectivity index (χ2n) is 3.71. The van der Waals surface area contributed by atoms with Crippen molar-refractivity contribution >= 4 is 14.0 Å². The molecule has 0 heterocycles. The zero-order chi connectivity index (χ0) is 8.91. The molecule has 0 aromatic carbocycles. The highest BCUT2D eigenvalue weighted by molar-refractivity contribution is 6.78. The van der Waals surface area contributed by atoms with Gasteiger partial charge in [0.25, 0.3) is 0 Å². The van der Waals surface area contributed by atoms with Crippen molar-refractivity contribution in [3.8, 4) is 0 Å². The normalized spacial score (nSPS) is 10.8. The Bertz CT molecular complexity index is 147. The minimum absolute atomic E-state index is 0.0935. The molecule has 11 heavy (non-hydrogen) atoms. The third-order valence-electron chi connectivity index (χ3n) is 1.04. The van der Waals surface area contributed by atoms with Crippen LogP contribution in [0.3, 0.4) is 0 Å². The van der Waals surface area contributed by atoms with Crippen LogP contribution in [0.4, 0.5) is 0 Å². The summed E-state index contributed by atoms with van der Waals surface area (Å²) in [7, 11) is -1.28. The van der Waals surface area contributed by atoms with Crippen LogP contribution in [-0.2, 0) is 9.53 Å². The molecule has 64 valence electrons. The van der Waals surface area contributed by atoms with Gasteiger partial charge in [0.15, 0.2) is 0 Å². The maximum atomic E-state index is 11.0. The number of carbonyl (C=O) groups is 1. The van der Waals surface area contributed by atoms with E-state index >= 15 is 0 Å². The lowest BCUT2D eigenvalue weighted by Crippen LogP contribution is -2.25. The SMILES string of the molecule is C=CCOC(=O)C[Si](C)(C)C. The Labute approximate surface area is 69.3 Å². The zero-order valence-corrected chi connectivity index (χ0v) is 8.52. The van der Waals surface area contributed by atoms with Crippen LogP contribution in [0.1, 0.15) is 0 Å². The molecule has 0 aromatic rings. The second kappa shape index (κ2) is 4.33. The molecule has 0 saturated heterocycles. The molecular weight excluding hydrogens is 156 g/mol. The lowest BCUT2D eigenvalue weighted by atomic mass is 10.7. The van der Waals surface area contributed by atoms with Crippen molar-refractivity contribution in [2.45, 2.75) is 25.7 Å². The molecule has 0 spiro atoms. The van der Waals surface area contributed by atoms with Crippen molar-refractivity contribution in [3.05, 3.63) is 12.7 Å². The van der Waals surface area contributed by atoms with Gasteiger partial charge < -0.3 is 4.74 Å². The quantitative estimate of drug-likeness (QED) is 0.368. The molecule has 0 amide bonds. The summed E-state index contributed by atoms with van der Waals surface area (Å²) in [5, 5.41) is 0. The average Bonchev–Trinajstić information content (AvgIpc) is 1.79. The molecule has 0 fully saturated rings. The maximum absolute atomic E-state index is 11.0. The van der Waals surface area contributed by atoms with Crippen molar-refractivity contribution in [1.82, 2.24) is 0 Å². The van der Waals surface area contributed by atoms with Gasteiger partial charge in [0.1, 0.15) is 6.61 Å². The van der Waals surface area contributed by atoms with Crippen molar-refractivity contribution in [1.29, 1.82) is 0 Å². The van der Waals surface area contributed by atoms with Crippen LogP contribution in [0, 0.1) is 0 Å². The van der Waals surface area contributed by atoms with Crippen LogP contribution in [0.15, 0.2) is 12.7 Å². The van der Waals surface area contributed by atoms with Gasteiger partial charge in [0.05, 0.1) is 8.07 Å². The first-order chi connectivity index (χ1) is 4.95. The van der Waals surface area contributed by atoms with E-state index in [9.17, 15) is 4.79 Å². The van der Waals surface area contributed by atoms with Gasteiger partial charge in [-0.3, -0.25) is 4.79 Å². The second-order valence-corrected chi connectivity index (χ2v) is 9.18. The van der Waals surface area contributed by atoms with E-state index in [0.29, 0.717) is 12.7 Å². The Morgan fingerprint density at radius 3 is 2.45 bits per heavy atom. The van der Waals surface area contributed by atoms with E-state index in [4.69, 9.17) is 4.74 Å². The summed E-state index contributed by atoms with van der Waals surface area (Å²) in [6.45, 7) is 10.2. The first kappa shape index (κ1) is 10.4. The Balaban J connectivity index is 3.61. The predicted molar refractivity (Wildman–Crippen MR) is 49.3 cm³/mol. The number of rotatable bonds is 4. The molecule has 0 aliphatic carbocycles. The minimum atomic E-state index is -1.28. The molecule has 0 aliphatic rings. The lowest BCUT2D eigenvalue weighted by molar-refractivity contribution is -0.139. The van der Waals surface area contributed by atoms with Gasteiger partial charge in [0, 0.05) is 6.04 Å². The standard InChI is InChI=1S/C8H16O2Si/c1-5-6-10-8(9)7-11(2,3)4/h5H,1,6-7H2,2-4H3. The van der Waals surface area contributed by atoms with Crippen LogP contribution in [0.25, 0.3) is 0 Å². The highest BCUT2D eigenvalue weighted by atomic mass is 28.3. The molecule has 0 N–H and O–H groups in total. The van der Waals surface area contributed by atoms with Gasteiger partial charge in [-0.2, -0.15) is 0 Å². The fourth-order valence-electron chi connectivity index (χ4n) is 0.636. The molecule has 0 aliphatic heterocycles. The Morgan fingerprint density at radius 1 is 1.55 bits per heavy atom. The molecular formula is C8H16O2Si. The number of ether oxygens (including phenoxy) is 1. The number of carbonyl (C=O) groups excluding carboxylic acids is 1. The number of hydrogen-bond acceptors (Lipinski definition) is 2. The van der Waals surface area contributed by atoms with Crippen molar-refractivity contribution in [2.75, 3.05) is 6.61 Å². The van der Waals surface area contributed by atoms with E-state index in [-0.39, 0.29) is 5.97 Å². The van der Waals surface area contributed by atoms with Crippen LogP contribution >= 0.6 is 0 Å². The molecule has 0 rings (SSSR count). The average molecular weight is 172 g/mol. The van der Waals surface area contributed by atoms with E-state index in [0.717, 1.165) is 0 Å². The van der Waals surface area contributed by atoms with Crippen molar-refractivity contribution in [3.63, 3.8) is 0 Å². The van der Waals surface area contributed by atoms with E-state index in [1.807, 2.05) is 0 Å². The molecule has 2 nitrogen and oxygen atoms in total. The summed E-state index contributed by atoms with van der Waals surface area (Å²) in [6.07, 6.45) is 1.59. The summed E-state index contributed by atoms with van der Waals surface area (Å²) < 4.78 is 4.84. The summed E-state index contributed by atoms with van der Waals surface area (Å²) in [4.78, 5) is 11.0. The fourth-order valence-corrected chi connectivity index (χ4v) is 1.60. The first-order valence-electron chi connectivity index (χ1n) is 3.72. The van der Waals surface area contributed by atoms with Crippen molar-refractivity contribution in [2.24, 2.45) is 0 Å². The van der Waals surface area contributed by atoms with E-state index < -0.39 is 8.07 Å². The van der Waals surface area contributed by atoms with Gasteiger partial charge in [-0.25, -0.2) is 0 Å². The third-order valence-corrected chi connectivity index (χ3v) is 2.39. The first-order valence-corrected chi connectivity index (χ1v) is 7.43. The molecule has 0 radical (unpaired) electrons. The molecule has 0 bridgehead atoms. The lowest BCUT2D eigenvalue weighted by Gasteiger charge is -2.13. The van der Waals surface area contributed by atoms with E-state index in [1.54, 1.807) is 6.08 Å². The summed E-state index contributed by atoms with van der Waals surface area (Å²) in [5.74, 6) is -0.0935. The van der Waals surface area contributed by atoms with Crippen LogP contribution in [0.5, 0.6) is 0 Å². The molecule has 0 unspecified atom stereocenters. The van der Waals surface area contributed by atoms with Crippen molar-refractivity contribution < 1.29 is 9.53 Å². The summed E-state index contributed by atoms with van der Waals surface area (Å²) in [5.41, 5.74) is 0. The topological polar surface area (TPSA) is 26.3 Å².